The molecule has 2 aromatic rings. The number of rotatable bonds is 3. The Morgan fingerprint density at radius 1 is 0.875 bits per heavy atom. The summed E-state index contributed by atoms with van der Waals surface area (Å²) in [5, 5.41) is 0. The second-order valence-corrected chi connectivity index (χ2v) is 4.14. The molecule has 2 N–H and O–H groups in total. The predicted molar refractivity (Wildman–Crippen MR) is 68.3 cm³/mol. The minimum Gasteiger partial charge on any atom is -0.326 e. The van der Waals surface area contributed by atoms with Crippen molar-refractivity contribution in [2.24, 2.45) is 5.73 Å². The van der Waals surface area contributed by atoms with Crippen molar-refractivity contribution in [1.82, 2.24) is 0 Å². The molecule has 0 aromatic heterocycles. The lowest BCUT2D eigenvalue weighted by Gasteiger charge is -2.07. The normalized spacial score (nSPS) is 10.4. The lowest BCUT2D eigenvalue weighted by Crippen LogP contribution is -2.01. The fraction of sp³-hybridized carbons (Fsp3) is 0.200. The summed E-state index contributed by atoms with van der Waals surface area (Å²) in [6.07, 6.45) is 0.966. The van der Waals surface area contributed by atoms with E-state index >= 15 is 0 Å². The van der Waals surface area contributed by atoms with Crippen LogP contribution in [0.3, 0.4) is 0 Å². The molecule has 0 saturated heterocycles. The van der Waals surface area contributed by atoms with Crippen molar-refractivity contribution in [1.29, 1.82) is 0 Å². The third kappa shape index (κ3) is 2.50. The molecule has 0 spiro atoms. The summed E-state index contributed by atoms with van der Waals surface area (Å²) in [6.45, 7) is 2.72. The van der Waals surface area contributed by atoms with Gasteiger partial charge in [0.15, 0.2) is 0 Å². The van der Waals surface area contributed by atoms with Crippen LogP contribution in [0.5, 0.6) is 0 Å². The monoisotopic (exact) mass is 211 g/mol. The summed E-state index contributed by atoms with van der Waals surface area (Å²) >= 11 is 0. The van der Waals surface area contributed by atoms with Gasteiger partial charge < -0.3 is 5.73 Å². The summed E-state index contributed by atoms with van der Waals surface area (Å²) in [4.78, 5) is 0. The average Bonchev–Trinajstić information content (AvgIpc) is 2.33. The van der Waals surface area contributed by atoms with Crippen molar-refractivity contribution >= 4 is 0 Å². The highest BCUT2D eigenvalue weighted by molar-refractivity contribution is 5.33. The summed E-state index contributed by atoms with van der Waals surface area (Å²) in [6, 6.07) is 17.0. The second-order valence-electron chi connectivity index (χ2n) is 4.14. The molecular formula is C15H17N. The summed E-state index contributed by atoms with van der Waals surface area (Å²) < 4.78 is 0. The molecule has 82 valence electrons. The Morgan fingerprint density at radius 2 is 1.50 bits per heavy atom. The third-order valence-electron chi connectivity index (χ3n) is 2.85. The Morgan fingerprint density at radius 3 is 2.12 bits per heavy atom. The Bertz CT molecular complexity index is 457. The number of hydrogen-bond donors (Lipinski definition) is 1. The fourth-order valence-electron chi connectivity index (χ4n) is 1.85. The first-order valence-electron chi connectivity index (χ1n) is 5.62. The maximum Gasteiger partial charge on any atom is 0.0180 e. The van der Waals surface area contributed by atoms with Gasteiger partial charge in [0.25, 0.3) is 0 Å². The van der Waals surface area contributed by atoms with Gasteiger partial charge in [-0.25, -0.2) is 0 Å². The molecule has 0 saturated carbocycles. The molecule has 0 amide bonds. The number of aryl methyl sites for hydroxylation is 1. The zero-order chi connectivity index (χ0) is 11.4. The van der Waals surface area contributed by atoms with Gasteiger partial charge in [0.1, 0.15) is 0 Å². The van der Waals surface area contributed by atoms with Gasteiger partial charge in [-0.3, -0.25) is 0 Å². The maximum atomic E-state index is 5.73. The van der Waals surface area contributed by atoms with Gasteiger partial charge in [0.05, 0.1) is 0 Å². The highest BCUT2D eigenvalue weighted by Gasteiger charge is 2.01. The van der Waals surface area contributed by atoms with E-state index in [0.717, 1.165) is 6.42 Å². The van der Waals surface area contributed by atoms with Gasteiger partial charge in [0.2, 0.25) is 0 Å². The second kappa shape index (κ2) is 4.95. The molecule has 0 aliphatic rings. The SMILES string of the molecule is Cc1ccc(Cc2ccccc2CN)cc1. The highest BCUT2D eigenvalue weighted by Crippen LogP contribution is 2.14. The summed E-state index contributed by atoms with van der Waals surface area (Å²) in [7, 11) is 0. The third-order valence-corrected chi connectivity index (χ3v) is 2.85. The van der Waals surface area contributed by atoms with E-state index in [2.05, 4.69) is 49.4 Å². The zero-order valence-corrected chi connectivity index (χ0v) is 9.61. The Kier molecular flexibility index (Phi) is 3.37. The average molecular weight is 211 g/mol. The Balaban J connectivity index is 2.23. The molecule has 0 radical (unpaired) electrons. The van der Waals surface area contributed by atoms with E-state index in [0.29, 0.717) is 6.54 Å². The van der Waals surface area contributed by atoms with Crippen LogP contribution in [0.4, 0.5) is 0 Å². The van der Waals surface area contributed by atoms with Crippen LogP contribution in [-0.4, -0.2) is 0 Å². The molecule has 0 bridgehead atoms. The lowest BCUT2D eigenvalue weighted by molar-refractivity contribution is 1.02. The molecule has 0 fully saturated rings. The largest absolute Gasteiger partial charge is 0.326 e. The van der Waals surface area contributed by atoms with Crippen molar-refractivity contribution in [3.05, 3.63) is 70.8 Å². The minimum absolute atomic E-state index is 0.613. The van der Waals surface area contributed by atoms with Crippen molar-refractivity contribution in [2.75, 3.05) is 0 Å². The molecule has 0 aliphatic heterocycles. The number of hydrogen-bond acceptors (Lipinski definition) is 1. The van der Waals surface area contributed by atoms with Crippen LogP contribution in [-0.2, 0) is 13.0 Å². The van der Waals surface area contributed by atoms with Crippen molar-refractivity contribution in [2.45, 2.75) is 19.9 Å². The van der Waals surface area contributed by atoms with Crippen molar-refractivity contribution in [3.63, 3.8) is 0 Å². The molecule has 0 atom stereocenters. The standard InChI is InChI=1S/C15H17N/c1-12-6-8-13(9-7-12)10-14-4-2-3-5-15(14)11-16/h2-9H,10-11,16H2,1H3. The van der Waals surface area contributed by atoms with Crippen molar-refractivity contribution < 1.29 is 0 Å². The molecule has 2 aromatic carbocycles. The topological polar surface area (TPSA) is 26.0 Å². The lowest BCUT2D eigenvalue weighted by atomic mass is 9.99. The molecule has 0 aliphatic carbocycles. The van der Waals surface area contributed by atoms with E-state index in [1.807, 2.05) is 6.07 Å². The van der Waals surface area contributed by atoms with Crippen LogP contribution in [0.2, 0.25) is 0 Å². The number of nitrogens with two attached hydrogens (primary N) is 1. The summed E-state index contributed by atoms with van der Waals surface area (Å²) in [5.74, 6) is 0. The van der Waals surface area contributed by atoms with E-state index in [-0.39, 0.29) is 0 Å². The molecule has 0 unspecified atom stereocenters. The first kappa shape index (κ1) is 10.9. The van der Waals surface area contributed by atoms with Gasteiger partial charge in [-0.05, 0) is 30.0 Å². The van der Waals surface area contributed by atoms with E-state index in [4.69, 9.17) is 5.73 Å². The van der Waals surface area contributed by atoms with E-state index in [1.54, 1.807) is 0 Å². The smallest absolute Gasteiger partial charge is 0.0180 e. The predicted octanol–water partition coefficient (Wildman–Crippen LogP) is 3.04. The van der Waals surface area contributed by atoms with Crippen LogP contribution in [0.15, 0.2) is 48.5 Å². The first-order valence-corrected chi connectivity index (χ1v) is 5.62. The van der Waals surface area contributed by atoms with Gasteiger partial charge in [-0.1, -0.05) is 54.1 Å². The maximum absolute atomic E-state index is 5.73. The van der Waals surface area contributed by atoms with Crippen LogP contribution in [0.1, 0.15) is 22.3 Å². The van der Waals surface area contributed by atoms with Gasteiger partial charge >= 0.3 is 0 Å². The van der Waals surface area contributed by atoms with Crippen LogP contribution in [0, 0.1) is 6.92 Å². The molecule has 0 heterocycles. The minimum atomic E-state index is 0.613. The highest BCUT2D eigenvalue weighted by atomic mass is 14.5. The quantitative estimate of drug-likeness (QED) is 0.829. The van der Waals surface area contributed by atoms with E-state index in [1.165, 1.54) is 22.3 Å². The molecule has 1 heteroatoms. The van der Waals surface area contributed by atoms with Crippen LogP contribution in [0.25, 0.3) is 0 Å². The van der Waals surface area contributed by atoms with Crippen LogP contribution >= 0.6 is 0 Å². The Hall–Kier alpha value is -1.60. The van der Waals surface area contributed by atoms with E-state index < -0.39 is 0 Å². The molecule has 2 rings (SSSR count). The Labute approximate surface area is 96.9 Å². The molecular weight excluding hydrogens is 194 g/mol. The molecule has 16 heavy (non-hydrogen) atoms. The molecule has 1 nitrogen and oxygen atoms in total. The fourth-order valence-corrected chi connectivity index (χ4v) is 1.85. The first-order chi connectivity index (χ1) is 7.79. The summed E-state index contributed by atoms with van der Waals surface area (Å²) in [5.41, 5.74) is 10.9. The van der Waals surface area contributed by atoms with Gasteiger partial charge in [-0.15, -0.1) is 0 Å². The zero-order valence-electron chi connectivity index (χ0n) is 9.61. The van der Waals surface area contributed by atoms with Gasteiger partial charge in [-0.2, -0.15) is 0 Å². The van der Waals surface area contributed by atoms with Crippen LogP contribution < -0.4 is 5.73 Å². The number of benzene rings is 2. The van der Waals surface area contributed by atoms with E-state index in [9.17, 15) is 0 Å². The van der Waals surface area contributed by atoms with Crippen molar-refractivity contribution in [3.8, 4) is 0 Å². The van der Waals surface area contributed by atoms with Gasteiger partial charge in [0, 0.05) is 6.54 Å².